The van der Waals surface area contributed by atoms with Gasteiger partial charge in [-0.25, -0.2) is 0 Å². The fourth-order valence-corrected chi connectivity index (χ4v) is 2.46. The number of carbonyl (C=O) groups is 1. The Hall–Kier alpha value is -1.22. The highest BCUT2D eigenvalue weighted by Gasteiger charge is 2.25. The molecule has 2 N–H and O–H groups in total. The van der Waals surface area contributed by atoms with Gasteiger partial charge in [-0.15, -0.1) is 0 Å². The lowest BCUT2D eigenvalue weighted by molar-refractivity contribution is 0.0636. The van der Waals surface area contributed by atoms with Gasteiger partial charge in [0.25, 0.3) is 5.91 Å². The Morgan fingerprint density at radius 3 is 2.94 bits per heavy atom. The van der Waals surface area contributed by atoms with Crippen molar-refractivity contribution in [2.75, 3.05) is 12.3 Å². The van der Waals surface area contributed by atoms with Crippen LogP contribution in [0.15, 0.2) is 18.2 Å². The Labute approximate surface area is 107 Å². The fourth-order valence-electron chi connectivity index (χ4n) is 2.26. The molecule has 4 heteroatoms. The maximum absolute atomic E-state index is 12.4. The van der Waals surface area contributed by atoms with Crippen molar-refractivity contribution in [1.29, 1.82) is 0 Å². The van der Waals surface area contributed by atoms with E-state index in [4.69, 9.17) is 17.3 Å². The predicted molar refractivity (Wildman–Crippen MR) is 70.2 cm³/mol. The molecule has 2 rings (SSSR count). The number of nitrogens with two attached hydrogens (primary N) is 1. The van der Waals surface area contributed by atoms with Crippen molar-refractivity contribution in [1.82, 2.24) is 4.90 Å². The van der Waals surface area contributed by atoms with Crippen LogP contribution in [0.4, 0.5) is 5.69 Å². The van der Waals surface area contributed by atoms with Crippen LogP contribution in [0.2, 0.25) is 5.02 Å². The quantitative estimate of drug-likeness (QED) is 0.781. The predicted octanol–water partition coefficient (Wildman–Crippen LogP) is 2.94. The summed E-state index contributed by atoms with van der Waals surface area (Å²) in [6, 6.07) is 5.33. The second-order valence-corrected chi connectivity index (χ2v) is 4.99. The molecule has 0 aliphatic carbocycles. The number of halogens is 1. The van der Waals surface area contributed by atoms with Gasteiger partial charge in [0.2, 0.25) is 0 Å². The normalized spacial score (nSPS) is 20.4. The molecule has 0 aromatic heterocycles. The van der Waals surface area contributed by atoms with Crippen LogP contribution in [0.3, 0.4) is 0 Å². The van der Waals surface area contributed by atoms with E-state index in [1.54, 1.807) is 18.2 Å². The average molecular weight is 253 g/mol. The zero-order chi connectivity index (χ0) is 12.4. The van der Waals surface area contributed by atoms with Gasteiger partial charge in [-0.3, -0.25) is 4.79 Å². The van der Waals surface area contributed by atoms with Crippen molar-refractivity contribution in [2.45, 2.75) is 32.2 Å². The van der Waals surface area contributed by atoms with Gasteiger partial charge >= 0.3 is 0 Å². The van der Waals surface area contributed by atoms with E-state index in [0.717, 1.165) is 19.4 Å². The van der Waals surface area contributed by atoms with E-state index in [2.05, 4.69) is 6.92 Å². The molecule has 1 unspecified atom stereocenters. The molecule has 92 valence electrons. The molecular formula is C13H17ClN2O. The lowest BCUT2D eigenvalue weighted by Crippen LogP contribution is -2.42. The molecule has 1 aromatic rings. The van der Waals surface area contributed by atoms with Crippen LogP contribution in [0.25, 0.3) is 0 Å². The number of rotatable bonds is 1. The van der Waals surface area contributed by atoms with E-state index in [-0.39, 0.29) is 11.9 Å². The van der Waals surface area contributed by atoms with Crippen molar-refractivity contribution >= 4 is 23.2 Å². The van der Waals surface area contributed by atoms with Crippen LogP contribution in [0.1, 0.15) is 36.5 Å². The molecule has 1 fully saturated rings. The smallest absolute Gasteiger partial charge is 0.255 e. The summed E-state index contributed by atoms with van der Waals surface area (Å²) in [5, 5.41) is 0.474. The molecule has 0 radical (unpaired) electrons. The lowest BCUT2D eigenvalue weighted by atomic mass is 10.0. The van der Waals surface area contributed by atoms with Gasteiger partial charge in [-0.1, -0.05) is 11.6 Å². The number of carbonyl (C=O) groups excluding carboxylic acids is 1. The third-order valence-electron chi connectivity index (χ3n) is 3.28. The summed E-state index contributed by atoms with van der Waals surface area (Å²) in [5.74, 6) is -0.00509. The molecule has 1 heterocycles. The lowest BCUT2D eigenvalue weighted by Gasteiger charge is -2.33. The number of hydrogen-bond acceptors (Lipinski definition) is 2. The maximum Gasteiger partial charge on any atom is 0.255 e. The Morgan fingerprint density at radius 1 is 1.47 bits per heavy atom. The molecule has 1 atom stereocenters. The SMILES string of the molecule is CC1CCCCN1C(=O)c1cc(N)ccc1Cl. The first-order valence-corrected chi connectivity index (χ1v) is 6.33. The standard InChI is InChI=1S/C13H17ClN2O/c1-9-4-2-3-7-16(9)13(17)11-8-10(15)5-6-12(11)14/h5-6,8-9H,2-4,7,15H2,1H3. The molecule has 1 aliphatic rings. The largest absolute Gasteiger partial charge is 0.399 e. The Morgan fingerprint density at radius 2 is 2.24 bits per heavy atom. The van der Waals surface area contributed by atoms with Gasteiger partial charge in [0.05, 0.1) is 10.6 Å². The summed E-state index contributed by atoms with van der Waals surface area (Å²) in [6.45, 7) is 2.89. The first-order chi connectivity index (χ1) is 8.09. The second kappa shape index (κ2) is 4.96. The summed E-state index contributed by atoms with van der Waals surface area (Å²) in [4.78, 5) is 14.3. The van der Waals surface area contributed by atoms with E-state index in [1.807, 2.05) is 4.90 Å². The molecule has 1 saturated heterocycles. The monoisotopic (exact) mass is 252 g/mol. The van der Waals surface area contributed by atoms with E-state index >= 15 is 0 Å². The van der Waals surface area contributed by atoms with Crippen LogP contribution in [0.5, 0.6) is 0 Å². The van der Waals surface area contributed by atoms with Gasteiger partial charge in [-0.05, 0) is 44.4 Å². The zero-order valence-corrected chi connectivity index (χ0v) is 10.7. The molecule has 0 saturated carbocycles. The van der Waals surface area contributed by atoms with Crippen molar-refractivity contribution in [2.24, 2.45) is 0 Å². The van der Waals surface area contributed by atoms with Crippen LogP contribution in [-0.2, 0) is 0 Å². The van der Waals surface area contributed by atoms with Crippen molar-refractivity contribution in [3.63, 3.8) is 0 Å². The zero-order valence-electron chi connectivity index (χ0n) is 9.95. The molecule has 1 aromatic carbocycles. The summed E-state index contributed by atoms with van der Waals surface area (Å²) >= 11 is 6.05. The number of amides is 1. The molecule has 17 heavy (non-hydrogen) atoms. The third kappa shape index (κ3) is 2.55. The van der Waals surface area contributed by atoms with E-state index in [9.17, 15) is 4.79 Å². The minimum absolute atomic E-state index is 0.00509. The molecule has 1 amide bonds. The summed E-state index contributed by atoms with van der Waals surface area (Å²) in [7, 11) is 0. The van der Waals surface area contributed by atoms with Gasteiger partial charge in [-0.2, -0.15) is 0 Å². The topological polar surface area (TPSA) is 46.3 Å². The summed E-state index contributed by atoms with van der Waals surface area (Å²) < 4.78 is 0. The van der Waals surface area contributed by atoms with Crippen molar-refractivity contribution in [3.8, 4) is 0 Å². The number of nitrogen functional groups attached to an aromatic ring is 1. The van der Waals surface area contributed by atoms with E-state index < -0.39 is 0 Å². The van der Waals surface area contributed by atoms with E-state index in [0.29, 0.717) is 16.3 Å². The van der Waals surface area contributed by atoms with Gasteiger partial charge in [0.1, 0.15) is 0 Å². The first-order valence-electron chi connectivity index (χ1n) is 5.95. The van der Waals surface area contributed by atoms with Crippen LogP contribution >= 0.6 is 11.6 Å². The minimum Gasteiger partial charge on any atom is -0.399 e. The maximum atomic E-state index is 12.4. The Balaban J connectivity index is 2.26. The van der Waals surface area contributed by atoms with Crippen molar-refractivity contribution in [3.05, 3.63) is 28.8 Å². The molecule has 3 nitrogen and oxygen atoms in total. The molecule has 0 bridgehead atoms. The molecule has 0 spiro atoms. The number of likely N-dealkylation sites (tertiary alicyclic amines) is 1. The number of benzene rings is 1. The van der Waals surface area contributed by atoms with Crippen LogP contribution in [0, 0.1) is 0 Å². The highest BCUT2D eigenvalue weighted by Crippen LogP contribution is 2.24. The first kappa shape index (κ1) is 12.2. The highest BCUT2D eigenvalue weighted by atomic mass is 35.5. The highest BCUT2D eigenvalue weighted by molar-refractivity contribution is 6.34. The van der Waals surface area contributed by atoms with Gasteiger partial charge in [0.15, 0.2) is 0 Å². The van der Waals surface area contributed by atoms with Gasteiger partial charge < -0.3 is 10.6 Å². The molecular weight excluding hydrogens is 236 g/mol. The minimum atomic E-state index is -0.00509. The van der Waals surface area contributed by atoms with Crippen LogP contribution < -0.4 is 5.73 Å². The fraction of sp³-hybridized carbons (Fsp3) is 0.462. The number of hydrogen-bond donors (Lipinski definition) is 1. The second-order valence-electron chi connectivity index (χ2n) is 4.58. The average Bonchev–Trinajstić information content (AvgIpc) is 2.32. The van der Waals surface area contributed by atoms with Crippen LogP contribution in [-0.4, -0.2) is 23.4 Å². The molecule has 1 aliphatic heterocycles. The number of piperidine rings is 1. The Bertz CT molecular complexity index is 433. The van der Waals surface area contributed by atoms with Crippen molar-refractivity contribution < 1.29 is 4.79 Å². The number of nitrogens with zero attached hydrogens (tertiary/aromatic N) is 1. The Kier molecular flexibility index (Phi) is 3.57. The van der Waals surface area contributed by atoms with Gasteiger partial charge in [0, 0.05) is 18.3 Å². The summed E-state index contributed by atoms with van der Waals surface area (Å²) in [5.41, 5.74) is 6.79. The summed E-state index contributed by atoms with van der Waals surface area (Å²) in [6.07, 6.45) is 3.32. The van der Waals surface area contributed by atoms with E-state index in [1.165, 1.54) is 6.42 Å². The third-order valence-corrected chi connectivity index (χ3v) is 3.61. The number of anilines is 1.